The second-order valence-electron chi connectivity index (χ2n) is 5.97. The first-order chi connectivity index (χ1) is 11.0. The maximum Gasteiger partial charge on any atom is 0.261 e. The summed E-state index contributed by atoms with van der Waals surface area (Å²) in [6, 6.07) is 5.55. The average Bonchev–Trinajstić information content (AvgIpc) is 2.51. The van der Waals surface area contributed by atoms with Crippen molar-refractivity contribution in [1.82, 2.24) is 19.8 Å². The van der Waals surface area contributed by atoms with E-state index in [1.54, 1.807) is 6.07 Å². The summed E-state index contributed by atoms with van der Waals surface area (Å²) in [4.78, 5) is 30.7. The lowest BCUT2D eigenvalue weighted by Gasteiger charge is -2.10. The van der Waals surface area contributed by atoms with E-state index >= 15 is 0 Å². The lowest BCUT2D eigenvalue weighted by molar-refractivity contribution is -0.121. The molecule has 1 heterocycles. The summed E-state index contributed by atoms with van der Waals surface area (Å²) in [5.74, 6) is -0.0417. The number of nitrogens with one attached hydrogen (secondary N) is 1. The molecular formula is C17H24N4O2. The van der Waals surface area contributed by atoms with Crippen LogP contribution < -0.4 is 10.9 Å². The van der Waals surface area contributed by atoms with Gasteiger partial charge in [0.1, 0.15) is 0 Å². The Hall–Kier alpha value is -2.21. The van der Waals surface area contributed by atoms with Crippen LogP contribution >= 0.6 is 0 Å². The largest absolute Gasteiger partial charge is 0.356 e. The second kappa shape index (κ2) is 7.87. The zero-order chi connectivity index (χ0) is 16.8. The van der Waals surface area contributed by atoms with Crippen LogP contribution in [0, 0.1) is 6.92 Å². The monoisotopic (exact) mass is 316 g/mol. The van der Waals surface area contributed by atoms with Crippen LogP contribution in [0.25, 0.3) is 10.9 Å². The van der Waals surface area contributed by atoms with Crippen molar-refractivity contribution in [2.75, 3.05) is 27.2 Å². The topological polar surface area (TPSA) is 67.2 Å². The molecule has 23 heavy (non-hydrogen) atoms. The molecule has 1 aromatic carbocycles. The first kappa shape index (κ1) is 17.1. The maximum atomic E-state index is 12.4. The van der Waals surface area contributed by atoms with E-state index in [-0.39, 0.29) is 17.9 Å². The van der Waals surface area contributed by atoms with Crippen molar-refractivity contribution in [2.45, 2.75) is 26.3 Å². The lowest BCUT2D eigenvalue weighted by atomic mass is 10.1. The number of aryl methyl sites for hydroxylation is 2. The summed E-state index contributed by atoms with van der Waals surface area (Å²) < 4.78 is 1.50. The van der Waals surface area contributed by atoms with Gasteiger partial charge in [-0.3, -0.25) is 14.2 Å². The summed E-state index contributed by atoms with van der Waals surface area (Å²) >= 11 is 0. The van der Waals surface area contributed by atoms with Crippen LogP contribution in [0.3, 0.4) is 0 Å². The quantitative estimate of drug-likeness (QED) is 0.779. The van der Waals surface area contributed by atoms with Crippen LogP contribution in [-0.4, -0.2) is 47.5 Å². The van der Waals surface area contributed by atoms with Crippen molar-refractivity contribution in [3.8, 4) is 0 Å². The first-order valence-electron chi connectivity index (χ1n) is 7.85. The number of carbonyl (C=O) groups excluding carboxylic acids is 1. The van der Waals surface area contributed by atoms with E-state index in [1.165, 1.54) is 10.9 Å². The van der Waals surface area contributed by atoms with Gasteiger partial charge in [-0.1, -0.05) is 12.1 Å². The van der Waals surface area contributed by atoms with Crippen LogP contribution in [-0.2, 0) is 11.3 Å². The molecule has 124 valence electrons. The molecule has 1 amide bonds. The van der Waals surface area contributed by atoms with E-state index in [4.69, 9.17) is 0 Å². The Morgan fingerprint density at radius 1 is 1.35 bits per heavy atom. The minimum absolute atomic E-state index is 0.0417. The maximum absolute atomic E-state index is 12.4. The molecule has 1 N–H and O–H groups in total. The number of para-hydroxylation sites is 1. The SMILES string of the molecule is Cc1cccc2c(=O)n(CCC(=O)NCCCN(C)C)cnc12. The molecule has 0 spiro atoms. The fourth-order valence-corrected chi connectivity index (χ4v) is 2.43. The van der Waals surface area contributed by atoms with Crippen molar-refractivity contribution in [3.63, 3.8) is 0 Å². The summed E-state index contributed by atoms with van der Waals surface area (Å²) in [5.41, 5.74) is 1.60. The zero-order valence-corrected chi connectivity index (χ0v) is 14.0. The van der Waals surface area contributed by atoms with Crippen molar-refractivity contribution in [2.24, 2.45) is 0 Å². The number of aromatic nitrogens is 2. The Morgan fingerprint density at radius 2 is 2.13 bits per heavy atom. The van der Waals surface area contributed by atoms with Crippen LogP contribution in [0.5, 0.6) is 0 Å². The van der Waals surface area contributed by atoms with Crippen LogP contribution in [0.1, 0.15) is 18.4 Å². The third-order valence-electron chi connectivity index (χ3n) is 3.74. The van der Waals surface area contributed by atoms with E-state index in [0.29, 0.717) is 18.5 Å². The summed E-state index contributed by atoms with van der Waals surface area (Å²) in [6.07, 6.45) is 2.72. The highest BCUT2D eigenvalue weighted by atomic mass is 16.1. The van der Waals surface area contributed by atoms with E-state index in [1.807, 2.05) is 33.2 Å². The number of rotatable bonds is 7. The molecule has 0 atom stereocenters. The summed E-state index contributed by atoms with van der Waals surface area (Å²) in [7, 11) is 4.01. The second-order valence-corrected chi connectivity index (χ2v) is 5.97. The van der Waals surface area contributed by atoms with E-state index < -0.39 is 0 Å². The van der Waals surface area contributed by atoms with E-state index in [2.05, 4.69) is 15.2 Å². The van der Waals surface area contributed by atoms with Gasteiger partial charge in [0.15, 0.2) is 0 Å². The molecule has 0 saturated carbocycles. The molecular weight excluding hydrogens is 292 g/mol. The van der Waals surface area contributed by atoms with E-state index in [9.17, 15) is 9.59 Å². The highest BCUT2D eigenvalue weighted by Crippen LogP contribution is 2.11. The van der Waals surface area contributed by atoms with Gasteiger partial charge in [-0.05, 0) is 45.6 Å². The summed E-state index contributed by atoms with van der Waals surface area (Å²) in [6.45, 7) is 3.87. The van der Waals surface area contributed by atoms with Gasteiger partial charge < -0.3 is 10.2 Å². The Bertz CT molecular complexity index is 737. The molecule has 0 aliphatic rings. The predicted molar refractivity (Wildman–Crippen MR) is 91.5 cm³/mol. The van der Waals surface area contributed by atoms with Gasteiger partial charge in [0.25, 0.3) is 5.56 Å². The smallest absolute Gasteiger partial charge is 0.261 e. The standard InChI is InChI=1S/C17H24N4O2/c1-13-6-4-7-14-16(13)19-12-21(17(14)23)11-8-15(22)18-9-5-10-20(2)3/h4,6-7,12H,5,8-11H2,1-3H3,(H,18,22). The molecule has 0 bridgehead atoms. The third-order valence-corrected chi connectivity index (χ3v) is 3.74. The molecule has 2 rings (SSSR count). The van der Waals surface area contributed by atoms with Crippen LogP contribution in [0.4, 0.5) is 0 Å². The normalized spacial score (nSPS) is 11.1. The Kier molecular flexibility index (Phi) is 5.87. The van der Waals surface area contributed by atoms with E-state index in [0.717, 1.165) is 24.0 Å². The van der Waals surface area contributed by atoms with Gasteiger partial charge in [-0.2, -0.15) is 0 Å². The average molecular weight is 316 g/mol. The molecule has 0 fully saturated rings. The highest BCUT2D eigenvalue weighted by molar-refractivity contribution is 5.80. The van der Waals surface area contributed by atoms with Gasteiger partial charge in [0.05, 0.1) is 17.2 Å². The van der Waals surface area contributed by atoms with Crippen molar-refractivity contribution in [1.29, 1.82) is 0 Å². The van der Waals surface area contributed by atoms with Gasteiger partial charge >= 0.3 is 0 Å². The minimum atomic E-state index is -0.0980. The molecule has 0 aliphatic carbocycles. The van der Waals surface area contributed by atoms with Crippen LogP contribution in [0.2, 0.25) is 0 Å². The Morgan fingerprint density at radius 3 is 2.87 bits per heavy atom. The number of hydrogen-bond acceptors (Lipinski definition) is 4. The van der Waals surface area contributed by atoms with Gasteiger partial charge in [0.2, 0.25) is 5.91 Å². The third kappa shape index (κ3) is 4.63. The number of fused-ring (bicyclic) bond motifs is 1. The number of nitrogens with zero attached hydrogens (tertiary/aromatic N) is 3. The molecule has 2 aromatic rings. The fourth-order valence-electron chi connectivity index (χ4n) is 2.43. The molecule has 1 aromatic heterocycles. The van der Waals surface area contributed by atoms with Gasteiger partial charge in [-0.25, -0.2) is 4.98 Å². The molecule has 0 aliphatic heterocycles. The number of hydrogen-bond donors (Lipinski definition) is 1. The molecule has 0 radical (unpaired) electrons. The zero-order valence-electron chi connectivity index (χ0n) is 14.0. The highest BCUT2D eigenvalue weighted by Gasteiger charge is 2.07. The van der Waals surface area contributed by atoms with Gasteiger partial charge in [0, 0.05) is 19.5 Å². The lowest BCUT2D eigenvalue weighted by Crippen LogP contribution is -2.29. The van der Waals surface area contributed by atoms with Crippen molar-refractivity contribution in [3.05, 3.63) is 40.4 Å². The predicted octanol–water partition coefficient (Wildman–Crippen LogP) is 1.16. The first-order valence-corrected chi connectivity index (χ1v) is 7.85. The number of benzene rings is 1. The van der Waals surface area contributed by atoms with Gasteiger partial charge in [-0.15, -0.1) is 0 Å². The molecule has 0 saturated heterocycles. The molecule has 6 nitrogen and oxygen atoms in total. The minimum Gasteiger partial charge on any atom is -0.356 e. The summed E-state index contributed by atoms with van der Waals surface area (Å²) in [5, 5.41) is 3.47. The Balaban J connectivity index is 1.93. The van der Waals surface area contributed by atoms with Crippen molar-refractivity contribution >= 4 is 16.8 Å². The number of amides is 1. The number of carbonyl (C=O) groups is 1. The Labute approximate surface area is 136 Å². The molecule has 6 heteroatoms. The van der Waals surface area contributed by atoms with Crippen LogP contribution in [0.15, 0.2) is 29.3 Å². The van der Waals surface area contributed by atoms with Crippen molar-refractivity contribution < 1.29 is 4.79 Å². The molecule has 0 unspecified atom stereocenters. The fraction of sp³-hybridized carbons (Fsp3) is 0.471.